The molecule has 0 radical (unpaired) electrons. The molecule has 4 amide bonds. The first-order valence-corrected chi connectivity index (χ1v) is 19.6. The summed E-state index contributed by atoms with van der Waals surface area (Å²) in [5, 5.41) is 3.35. The lowest BCUT2D eigenvalue weighted by Crippen LogP contribution is -2.54. The largest absolute Gasteiger partial charge is 0.491 e. The van der Waals surface area contributed by atoms with E-state index in [-0.39, 0.29) is 37.2 Å². The molecular formula is C44H50N4O11. The van der Waals surface area contributed by atoms with Crippen molar-refractivity contribution in [3.8, 4) is 22.8 Å². The summed E-state index contributed by atoms with van der Waals surface area (Å²) in [4.78, 5) is 54.9. The van der Waals surface area contributed by atoms with Crippen LogP contribution >= 0.6 is 0 Å². The summed E-state index contributed by atoms with van der Waals surface area (Å²) in [6.45, 7) is 10.6. The SMILES string of the molecule is C=Cc1c(/C=C\C)n(C)c2cc(-c3ccc(OCCOCCOCCOCCOCCOCCOc4ccc5c(c4)C(=O)N(C4CCC(=O)NC4=O)C5=O)nc3)ccc12. The van der Waals surface area contributed by atoms with E-state index >= 15 is 0 Å². The average molecular weight is 811 g/mol. The van der Waals surface area contributed by atoms with Gasteiger partial charge in [0.2, 0.25) is 17.7 Å². The summed E-state index contributed by atoms with van der Waals surface area (Å²) in [5.41, 5.74) is 5.81. The van der Waals surface area contributed by atoms with E-state index in [9.17, 15) is 19.2 Å². The highest BCUT2D eigenvalue weighted by atomic mass is 16.6. The van der Waals surface area contributed by atoms with Crippen molar-refractivity contribution in [3.63, 3.8) is 0 Å². The van der Waals surface area contributed by atoms with Crippen molar-refractivity contribution in [1.29, 1.82) is 0 Å². The average Bonchev–Trinajstić information content (AvgIpc) is 3.65. The Labute approximate surface area is 342 Å². The maximum atomic E-state index is 13.0. The minimum Gasteiger partial charge on any atom is -0.491 e. The number of allylic oxidation sites excluding steroid dienone is 1. The number of hydrogen-bond donors (Lipinski definition) is 1. The number of carbonyl (C=O) groups excluding carboxylic acids is 4. The number of rotatable bonds is 24. The number of aromatic nitrogens is 2. The van der Waals surface area contributed by atoms with Crippen LogP contribution in [0.1, 0.15) is 51.7 Å². The Morgan fingerprint density at radius 1 is 0.746 bits per heavy atom. The Bertz CT molecular complexity index is 2150. The van der Waals surface area contributed by atoms with Gasteiger partial charge in [-0.3, -0.25) is 29.4 Å². The molecule has 312 valence electrons. The molecule has 0 saturated carbocycles. The number of fused-ring (bicyclic) bond motifs is 2. The number of ether oxygens (including phenoxy) is 7. The number of carbonyl (C=O) groups is 4. The smallest absolute Gasteiger partial charge is 0.262 e. The Kier molecular flexibility index (Phi) is 15.5. The van der Waals surface area contributed by atoms with Gasteiger partial charge < -0.3 is 37.7 Å². The lowest BCUT2D eigenvalue weighted by atomic mass is 10.0. The van der Waals surface area contributed by atoms with E-state index in [0.717, 1.165) is 38.2 Å². The molecule has 4 aromatic rings. The maximum absolute atomic E-state index is 13.0. The summed E-state index contributed by atoms with van der Waals surface area (Å²) in [6.07, 6.45) is 8.01. The van der Waals surface area contributed by atoms with Crippen LogP contribution in [-0.2, 0) is 40.3 Å². The van der Waals surface area contributed by atoms with E-state index in [2.05, 4.69) is 52.8 Å². The Morgan fingerprint density at radius 2 is 1.36 bits per heavy atom. The third-order valence-corrected chi connectivity index (χ3v) is 9.76. The van der Waals surface area contributed by atoms with Crippen molar-refractivity contribution in [3.05, 3.63) is 89.8 Å². The van der Waals surface area contributed by atoms with Gasteiger partial charge in [-0.2, -0.15) is 0 Å². The summed E-state index contributed by atoms with van der Waals surface area (Å²) < 4.78 is 41.4. The summed E-state index contributed by atoms with van der Waals surface area (Å²) in [6, 6.07) is 13.8. The van der Waals surface area contributed by atoms with E-state index in [1.54, 1.807) is 6.07 Å². The highest BCUT2D eigenvalue weighted by Crippen LogP contribution is 2.32. The van der Waals surface area contributed by atoms with Crippen LogP contribution in [0, 0.1) is 0 Å². The number of pyridine rings is 1. The maximum Gasteiger partial charge on any atom is 0.262 e. The number of aryl methyl sites for hydroxylation is 1. The number of imide groups is 2. The zero-order chi connectivity index (χ0) is 41.6. The molecule has 1 saturated heterocycles. The third-order valence-electron chi connectivity index (χ3n) is 9.76. The van der Waals surface area contributed by atoms with Gasteiger partial charge in [0.25, 0.3) is 11.8 Å². The predicted molar refractivity (Wildman–Crippen MR) is 219 cm³/mol. The van der Waals surface area contributed by atoms with Gasteiger partial charge in [-0.25, -0.2) is 4.98 Å². The van der Waals surface area contributed by atoms with Crippen LogP contribution in [0.5, 0.6) is 11.6 Å². The van der Waals surface area contributed by atoms with Crippen molar-refractivity contribution in [2.45, 2.75) is 25.8 Å². The van der Waals surface area contributed by atoms with Gasteiger partial charge in [-0.1, -0.05) is 30.9 Å². The van der Waals surface area contributed by atoms with E-state index in [4.69, 9.17) is 33.2 Å². The first kappa shape index (κ1) is 42.9. The second-order valence-corrected chi connectivity index (χ2v) is 13.6. The van der Waals surface area contributed by atoms with Crippen LogP contribution < -0.4 is 14.8 Å². The van der Waals surface area contributed by atoms with Gasteiger partial charge in [-0.05, 0) is 55.3 Å². The second kappa shape index (κ2) is 21.3. The fraction of sp³-hybridized carbons (Fsp3) is 0.386. The fourth-order valence-electron chi connectivity index (χ4n) is 6.82. The first-order valence-electron chi connectivity index (χ1n) is 19.6. The van der Waals surface area contributed by atoms with Gasteiger partial charge in [0, 0.05) is 53.5 Å². The summed E-state index contributed by atoms with van der Waals surface area (Å²) in [5.74, 6) is -1.30. The monoisotopic (exact) mass is 810 g/mol. The van der Waals surface area contributed by atoms with Crippen LogP contribution in [0.2, 0.25) is 0 Å². The standard InChI is InChI=1S/C44H50N4O11/c1-4-6-37-33(5-2)34-10-7-30(27-39(34)47(37)3)31-8-14-41(45-29-31)59-26-24-57-22-20-55-18-16-53-15-17-54-19-21-56-23-25-58-32-9-11-35-36(28-32)44(52)48(43(35)51)38-12-13-40(49)46-42(38)50/h4-11,14,27-29,38H,2,12-13,15-26H2,1,3H3,(H,46,49,50)/b6-4-. The van der Waals surface area contributed by atoms with Crippen molar-refractivity contribution < 1.29 is 52.3 Å². The summed E-state index contributed by atoms with van der Waals surface area (Å²) in [7, 11) is 2.07. The number of nitrogens with zero attached hydrogens (tertiary/aromatic N) is 3. The molecule has 6 rings (SSSR count). The van der Waals surface area contributed by atoms with Crippen molar-refractivity contribution >= 4 is 46.7 Å². The Hall–Kier alpha value is -5.71. The van der Waals surface area contributed by atoms with Crippen LogP contribution in [0.15, 0.2) is 67.4 Å². The molecule has 2 aliphatic rings. The summed E-state index contributed by atoms with van der Waals surface area (Å²) >= 11 is 0. The molecule has 0 bridgehead atoms. The lowest BCUT2D eigenvalue weighted by Gasteiger charge is -2.27. The number of amides is 4. The zero-order valence-corrected chi connectivity index (χ0v) is 33.4. The molecule has 4 heterocycles. The number of nitrogens with one attached hydrogen (secondary N) is 1. The van der Waals surface area contributed by atoms with Gasteiger partial charge in [0.05, 0.1) is 77.2 Å². The van der Waals surface area contributed by atoms with Crippen LogP contribution in [0.25, 0.3) is 34.2 Å². The minimum absolute atomic E-state index is 0.0604. The molecule has 15 nitrogen and oxygen atoms in total. The molecule has 59 heavy (non-hydrogen) atoms. The van der Waals surface area contributed by atoms with Crippen molar-refractivity contribution in [2.24, 2.45) is 7.05 Å². The van der Waals surface area contributed by atoms with E-state index in [1.807, 2.05) is 37.4 Å². The van der Waals surface area contributed by atoms with Gasteiger partial charge >= 0.3 is 0 Å². The topological polar surface area (TPSA) is 166 Å². The number of piperidine rings is 1. The molecule has 2 aliphatic heterocycles. The quantitative estimate of drug-likeness (QED) is 0.0756. The normalized spacial score (nSPS) is 15.4. The Morgan fingerprint density at radius 3 is 1.95 bits per heavy atom. The molecule has 0 aliphatic carbocycles. The molecule has 1 N–H and O–H groups in total. The first-order chi connectivity index (χ1) is 28.8. The number of hydrogen-bond acceptors (Lipinski definition) is 12. The van der Waals surface area contributed by atoms with Crippen LogP contribution in [0.3, 0.4) is 0 Å². The molecule has 2 aromatic heterocycles. The Balaban J connectivity index is 0.734. The van der Waals surface area contributed by atoms with E-state index in [0.29, 0.717) is 77.7 Å². The van der Waals surface area contributed by atoms with E-state index < -0.39 is 29.7 Å². The van der Waals surface area contributed by atoms with Gasteiger partial charge in [-0.15, -0.1) is 0 Å². The zero-order valence-electron chi connectivity index (χ0n) is 33.4. The van der Waals surface area contributed by atoms with Gasteiger partial charge in [0.15, 0.2) is 0 Å². The highest BCUT2D eigenvalue weighted by molar-refractivity contribution is 6.23. The molecule has 0 spiro atoms. The van der Waals surface area contributed by atoms with Crippen LogP contribution in [0.4, 0.5) is 0 Å². The van der Waals surface area contributed by atoms with E-state index in [1.165, 1.54) is 12.1 Å². The van der Waals surface area contributed by atoms with Crippen molar-refractivity contribution in [2.75, 3.05) is 79.3 Å². The highest BCUT2D eigenvalue weighted by Gasteiger charge is 2.44. The lowest BCUT2D eigenvalue weighted by molar-refractivity contribution is -0.136. The van der Waals surface area contributed by atoms with Crippen molar-refractivity contribution in [1.82, 2.24) is 19.8 Å². The molecule has 1 atom stereocenters. The fourth-order valence-corrected chi connectivity index (χ4v) is 6.82. The second-order valence-electron chi connectivity index (χ2n) is 13.6. The third kappa shape index (κ3) is 10.9. The van der Waals surface area contributed by atoms with Gasteiger partial charge in [0.1, 0.15) is 25.0 Å². The number of benzene rings is 2. The predicted octanol–water partition coefficient (Wildman–Crippen LogP) is 4.86. The minimum atomic E-state index is -1.02. The molecule has 1 unspecified atom stereocenters. The molecular weight excluding hydrogens is 761 g/mol. The van der Waals surface area contributed by atoms with Crippen LogP contribution in [-0.4, -0.2) is 123 Å². The molecule has 15 heteroatoms. The molecule has 1 fully saturated rings. The molecule has 2 aromatic carbocycles.